The van der Waals surface area contributed by atoms with Crippen LogP contribution < -0.4 is 0 Å². The van der Waals surface area contributed by atoms with Crippen molar-refractivity contribution >= 4 is 16.8 Å². The molecule has 1 saturated heterocycles. The molecule has 1 aliphatic rings. The second-order valence-corrected chi connectivity index (χ2v) is 7.41. The van der Waals surface area contributed by atoms with Crippen molar-refractivity contribution < 1.29 is 9.53 Å². The number of ether oxygens (including phenoxy) is 1. The van der Waals surface area contributed by atoms with Crippen molar-refractivity contribution in [2.45, 2.75) is 12.5 Å². The molecule has 1 unspecified atom stereocenters. The third kappa shape index (κ3) is 4.26. The number of nitrogens with one attached hydrogen (secondary N) is 1. The number of rotatable bonds is 6. The first kappa shape index (κ1) is 18.7. The third-order valence-corrected chi connectivity index (χ3v) is 5.52. The summed E-state index contributed by atoms with van der Waals surface area (Å²) in [5.74, 6) is 0.0865. The van der Waals surface area contributed by atoms with Gasteiger partial charge in [0.2, 0.25) is 0 Å². The van der Waals surface area contributed by atoms with Crippen LogP contribution in [0.3, 0.4) is 0 Å². The standard InChI is InChI=1S/C23H27N3O2/c1-28-20(15-18-7-3-2-4-8-18)17-25-11-13-26(14-12-25)23(27)22-16-19-9-5-6-10-21(19)24-22/h2-10,16,20,24H,11-15,17H2,1H3. The van der Waals surface area contributed by atoms with Gasteiger partial charge >= 0.3 is 0 Å². The van der Waals surface area contributed by atoms with E-state index in [1.54, 1.807) is 7.11 Å². The molecule has 1 fully saturated rings. The van der Waals surface area contributed by atoms with Crippen molar-refractivity contribution in [1.82, 2.24) is 14.8 Å². The van der Waals surface area contributed by atoms with E-state index in [1.807, 2.05) is 41.3 Å². The highest BCUT2D eigenvalue weighted by Crippen LogP contribution is 2.17. The minimum absolute atomic E-state index is 0.0865. The highest BCUT2D eigenvalue weighted by molar-refractivity contribution is 5.98. The highest BCUT2D eigenvalue weighted by atomic mass is 16.5. The van der Waals surface area contributed by atoms with Gasteiger partial charge in [-0.3, -0.25) is 9.69 Å². The van der Waals surface area contributed by atoms with Crippen molar-refractivity contribution in [3.05, 3.63) is 71.9 Å². The van der Waals surface area contributed by atoms with Gasteiger partial charge in [-0.2, -0.15) is 0 Å². The second-order valence-electron chi connectivity index (χ2n) is 7.41. The minimum atomic E-state index is 0.0865. The normalized spacial score (nSPS) is 16.4. The Hall–Kier alpha value is -2.63. The molecule has 0 aliphatic carbocycles. The molecular weight excluding hydrogens is 350 g/mol. The highest BCUT2D eigenvalue weighted by Gasteiger charge is 2.24. The molecule has 1 aliphatic heterocycles. The summed E-state index contributed by atoms with van der Waals surface area (Å²) in [6, 6.07) is 20.4. The van der Waals surface area contributed by atoms with Gasteiger partial charge in [-0.25, -0.2) is 0 Å². The van der Waals surface area contributed by atoms with Gasteiger partial charge in [0.05, 0.1) is 6.10 Å². The van der Waals surface area contributed by atoms with Gasteiger partial charge in [-0.05, 0) is 24.1 Å². The molecule has 1 N–H and O–H groups in total. The topological polar surface area (TPSA) is 48.6 Å². The van der Waals surface area contributed by atoms with E-state index in [2.05, 4.69) is 34.1 Å². The summed E-state index contributed by atoms with van der Waals surface area (Å²) in [6.45, 7) is 4.13. The molecule has 2 aromatic carbocycles. The maximum absolute atomic E-state index is 12.8. The van der Waals surface area contributed by atoms with Crippen LogP contribution in [0.2, 0.25) is 0 Å². The zero-order valence-electron chi connectivity index (χ0n) is 16.3. The molecule has 0 spiro atoms. The number of aromatic amines is 1. The lowest BCUT2D eigenvalue weighted by Crippen LogP contribution is -2.50. The number of piperazine rings is 1. The van der Waals surface area contributed by atoms with Gasteiger partial charge in [-0.1, -0.05) is 48.5 Å². The van der Waals surface area contributed by atoms with Crippen molar-refractivity contribution in [3.8, 4) is 0 Å². The molecule has 28 heavy (non-hydrogen) atoms. The van der Waals surface area contributed by atoms with Gasteiger partial charge in [0, 0.05) is 50.7 Å². The SMILES string of the molecule is COC(Cc1ccccc1)CN1CCN(C(=O)c2cc3ccccc3[nH]2)CC1. The summed E-state index contributed by atoms with van der Waals surface area (Å²) in [7, 11) is 1.78. The number of carbonyl (C=O) groups excluding carboxylic acids is 1. The van der Waals surface area contributed by atoms with E-state index in [1.165, 1.54) is 5.56 Å². The number of benzene rings is 2. The van der Waals surface area contributed by atoms with E-state index in [4.69, 9.17) is 4.74 Å². The Morgan fingerprint density at radius 2 is 1.75 bits per heavy atom. The van der Waals surface area contributed by atoms with Crippen LogP contribution in [0.5, 0.6) is 0 Å². The maximum Gasteiger partial charge on any atom is 0.270 e. The number of carbonyl (C=O) groups is 1. The molecule has 0 saturated carbocycles. The number of hydrogen-bond acceptors (Lipinski definition) is 3. The van der Waals surface area contributed by atoms with Crippen molar-refractivity contribution in [2.24, 2.45) is 0 Å². The molecule has 2 heterocycles. The van der Waals surface area contributed by atoms with E-state index >= 15 is 0 Å². The van der Waals surface area contributed by atoms with Crippen LogP contribution in [0.25, 0.3) is 10.9 Å². The fourth-order valence-corrected chi connectivity index (χ4v) is 3.88. The third-order valence-electron chi connectivity index (χ3n) is 5.52. The molecule has 5 nitrogen and oxygen atoms in total. The average molecular weight is 377 g/mol. The van der Waals surface area contributed by atoms with Crippen LogP contribution in [-0.4, -0.2) is 66.6 Å². The van der Waals surface area contributed by atoms with E-state index in [0.29, 0.717) is 5.69 Å². The van der Waals surface area contributed by atoms with Crippen molar-refractivity contribution in [2.75, 3.05) is 39.8 Å². The van der Waals surface area contributed by atoms with E-state index < -0.39 is 0 Å². The molecular formula is C23H27N3O2. The van der Waals surface area contributed by atoms with Crippen LogP contribution in [-0.2, 0) is 11.2 Å². The van der Waals surface area contributed by atoms with Gasteiger partial charge < -0.3 is 14.6 Å². The van der Waals surface area contributed by atoms with Gasteiger partial charge in [0.25, 0.3) is 5.91 Å². The van der Waals surface area contributed by atoms with E-state index in [0.717, 1.165) is 50.0 Å². The number of amides is 1. The Kier molecular flexibility index (Phi) is 5.74. The van der Waals surface area contributed by atoms with E-state index in [9.17, 15) is 4.79 Å². The quantitative estimate of drug-likeness (QED) is 0.718. The van der Waals surface area contributed by atoms with Crippen LogP contribution in [0.1, 0.15) is 16.1 Å². The summed E-state index contributed by atoms with van der Waals surface area (Å²) in [6.07, 6.45) is 1.07. The van der Waals surface area contributed by atoms with Crippen LogP contribution in [0.4, 0.5) is 0 Å². The average Bonchev–Trinajstić information content (AvgIpc) is 3.18. The number of aromatic nitrogens is 1. The second kappa shape index (κ2) is 8.59. The minimum Gasteiger partial charge on any atom is -0.380 e. The Balaban J connectivity index is 1.31. The summed E-state index contributed by atoms with van der Waals surface area (Å²) >= 11 is 0. The lowest BCUT2D eigenvalue weighted by molar-refractivity contribution is 0.0380. The van der Waals surface area contributed by atoms with Gasteiger partial charge in [0.1, 0.15) is 5.69 Å². The molecule has 0 radical (unpaired) electrons. The molecule has 0 bridgehead atoms. The first-order valence-electron chi connectivity index (χ1n) is 9.89. The molecule has 146 valence electrons. The fraction of sp³-hybridized carbons (Fsp3) is 0.348. The number of hydrogen-bond donors (Lipinski definition) is 1. The van der Waals surface area contributed by atoms with Gasteiger partial charge in [0.15, 0.2) is 0 Å². The lowest BCUT2D eigenvalue weighted by Gasteiger charge is -2.36. The van der Waals surface area contributed by atoms with Crippen molar-refractivity contribution in [1.29, 1.82) is 0 Å². The first-order valence-corrected chi connectivity index (χ1v) is 9.89. The van der Waals surface area contributed by atoms with Crippen LogP contribution >= 0.6 is 0 Å². The number of H-pyrrole nitrogens is 1. The monoisotopic (exact) mass is 377 g/mol. The van der Waals surface area contributed by atoms with E-state index in [-0.39, 0.29) is 12.0 Å². The summed E-state index contributed by atoms with van der Waals surface area (Å²) in [5, 5.41) is 1.08. The summed E-state index contributed by atoms with van der Waals surface area (Å²) < 4.78 is 5.71. The largest absolute Gasteiger partial charge is 0.380 e. The molecule has 3 aromatic rings. The first-order chi connectivity index (χ1) is 13.7. The summed E-state index contributed by atoms with van der Waals surface area (Å²) in [5.41, 5.74) is 2.98. The molecule has 5 heteroatoms. The Bertz CT molecular complexity index is 881. The number of nitrogens with zero attached hydrogens (tertiary/aromatic N) is 2. The zero-order valence-corrected chi connectivity index (χ0v) is 16.3. The predicted molar refractivity (Wildman–Crippen MR) is 112 cm³/mol. The smallest absolute Gasteiger partial charge is 0.270 e. The molecule has 1 aromatic heterocycles. The van der Waals surface area contributed by atoms with Gasteiger partial charge in [-0.15, -0.1) is 0 Å². The van der Waals surface area contributed by atoms with Crippen LogP contribution in [0, 0.1) is 0 Å². The summed E-state index contributed by atoms with van der Waals surface area (Å²) in [4.78, 5) is 20.4. The van der Waals surface area contributed by atoms with Crippen molar-refractivity contribution in [3.63, 3.8) is 0 Å². The molecule has 4 rings (SSSR count). The molecule has 1 amide bonds. The number of para-hydroxylation sites is 1. The number of fused-ring (bicyclic) bond motifs is 1. The number of methoxy groups -OCH3 is 1. The fourth-order valence-electron chi connectivity index (χ4n) is 3.88. The lowest BCUT2D eigenvalue weighted by atomic mass is 10.1. The Morgan fingerprint density at radius 3 is 2.46 bits per heavy atom. The Morgan fingerprint density at radius 1 is 1.04 bits per heavy atom. The van der Waals surface area contributed by atoms with Crippen LogP contribution in [0.15, 0.2) is 60.7 Å². The molecule has 1 atom stereocenters. The predicted octanol–water partition coefficient (Wildman–Crippen LogP) is 3.18. The maximum atomic E-state index is 12.8. The Labute approximate surface area is 165 Å². The zero-order chi connectivity index (χ0) is 19.3.